The molecule has 0 bridgehead atoms. The molecule has 1 aromatic rings. The molecular weight excluding hydrogens is 286 g/mol. The third kappa shape index (κ3) is 4.71. The average molecular weight is 311 g/mol. The van der Waals surface area contributed by atoms with E-state index in [0.29, 0.717) is 5.75 Å². The number of sulfone groups is 1. The van der Waals surface area contributed by atoms with Gasteiger partial charge in [-0.1, -0.05) is 18.2 Å². The first kappa shape index (κ1) is 16.3. The largest absolute Gasteiger partial charge is 0.491 e. The summed E-state index contributed by atoms with van der Waals surface area (Å²) < 4.78 is 29.3. The van der Waals surface area contributed by atoms with Gasteiger partial charge in [-0.2, -0.15) is 0 Å². The Bertz CT molecular complexity index is 569. The van der Waals surface area contributed by atoms with Gasteiger partial charge in [-0.05, 0) is 39.7 Å². The van der Waals surface area contributed by atoms with Crippen LogP contribution >= 0.6 is 0 Å². The predicted octanol–water partition coefficient (Wildman–Crippen LogP) is 2.70. The molecule has 1 fully saturated rings. The molecule has 21 heavy (non-hydrogen) atoms. The van der Waals surface area contributed by atoms with Crippen molar-refractivity contribution < 1.29 is 13.2 Å². The summed E-state index contributed by atoms with van der Waals surface area (Å²) in [7, 11) is -2.88. The van der Waals surface area contributed by atoms with Crippen LogP contribution in [0, 0.1) is 0 Å². The fourth-order valence-electron chi connectivity index (χ4n) is 2.80. The van der Waals surface area contributed by atoms with Crippen LogP contribution < -0.4 is 10.1 Å². The average Bonchev–Trinajstić information content (AvgIpc) is 2.37. The third-order valence-corrected chi connectivity index (χ3v) is 5.52. The van der Waals surface area contributed by atoms with Crippen LogP contribution in [0.4, 0.5) is 0 Å². The molecule has 1 heterocycles. The number of para-hydroxylation sites is 1. The maximum absolute atomic E-state index is 11.7. The number of nitrogens with one attached hydrogen (secondary N) is 1. The lowest BCUT2D eigenvalue weighted by atomic mass is 10.0. The highest BCUT2D eigenvalue weighted by atomic mass is 32.2. The lowest BCUT2D eigenvalue weighted by Gasteiger charge is -2.28. The summed E-state index contributed by atoms with van der Waals surface area (Å²) in [5, 5.41) is 3.45. The highest BCUT2D eigenvalue weighted by molar-refractivity contribution is 7.91. The molecule has 4 nitrogen and oxygen atoms in total. The third-order valence-electron chi connectivity index (χ3n) is 3.70. The zero-order valence-corrected chi connectivity index (χ0v) is 13.8. The first-order valence-electron chi connectivity index (χ1n) is 7.59. The fourth-order valence-corrected chi connectivity index (χ4v) is 4.45. The molecule has 118 valence electrons. The predicted molar refractivity (Wildman–Crippen MR) is 85.4 cm³/mol. The summed E-state index contributed by atoms with van der Waals surface area (Å²) in [5.74, 6) is 1.43. The second-order valence-electron chi connectivity index (χ2n) is 6.05. The monoisotopic (exact) mass is 311 g/mol. The van der Waals surface area contributed by atoms with Crippen LogP contribution in [0.2, 0.25) is 0 Å². The van der Waals surface area contributed by atoms with Crippen LogP contribution in [0.5, 0.6) is 5.75 Å². The fraction of sp³-hybridized carbons (Fsp3) is 0.625. The van der Waals surface area contributed by atoms with E-state index in [1.807, 2.05) is 38.1 Å². The quantitative estimate of drug-likeness (QED) is 0.908. The minimum atomic E-state index is -2.88. The van der Waals surface area contributed by atoms with Crippen LogP contribution in [0.25, 0.3) is 0 Å². The van der Waals surface area contributed by atoms with Crippen molar-refractivity contribution in [2.24, 2.45) is 0 Å². The van der Waals surface area contributed by atoms with Gasteiger partial charge in [0.25, 0.3) is 0 Å². The normalized spacial score (nSPS) is 23.0. The Labute approximate surface area is 127 Å². The number of hydrogen-bond acceptors (Lipinski definition) is 4. The van der Waals surface area contributed by atoms with E-state index in [-0.39, 0.29) is 23.9 Å². The van der Waals surface area contributed by atoms with E-state index >= 15 is 0 Å². The molecular formula is C16H25NO3S. The Morgan fingerprint density at radius 3 is 2.62 bits per heavy atom. The molecule has 1 aromatic carbocycles. The van der Waals surface area contributed by atoms with Gasteiger partial charge in [-0.3, -0.25) is 0 Å². The van der Waals surface area contributed by atoms with Gasteiger partial charge in [-0.25, -0.2) is 8.42 Å². The summed E-state index contributed by atoms with van der Waals surface area (Å²) in [6, 6.07) is 8.04. The van der Waals surface area contributed by atoms with E-state index in [9.17, 15) is 8.42 Å². The highest BCUT2D eigenvalue weighted by Crippen LogP contribution is 2.27. The van der Waals surface area contributed by atoms with Gasteiger partial charge < -0.3 is 10.1 Å². The van der Waals surface area contributed by atoms with Crippen LogP contribution in [-0.2, 0) is 9.84 Å². The maximum atomic E-state index is 11.7. The van der Waals surface area contributed by atoms with E-state index in [2.05, 4.69) is 12.2 Å². The number of hydrogen-bond donors (Lipinski definition) is 1. The van der Waals surface area contributed by atoms with Crippen molar-refractivity contribution in [1.82, 2.24) is 5.32 Å². The van der Waals surface area contributed by atoms with Crippen LogP contribution in [0.3, 0.4) is 0 Å². The molecule has 2 atom stereocenters. The molecule has 0 amide bonds. The molecule has 0 aliphatic carbocycles. The van der Waals surface area contributed by atoms with E-state index in [4.69, 9.17) is 4.74 Å². The van der Waals surface area contributed by atoms with Crippen molar-refractivity contribution in [3.8, 4) is 5.75 Å². The maximum Gasteiger partial charge on any atom is 0.151 e. The van der Waals surface area contributed by atoms with Crippen molar-refractivity contribution in [2.45, 2.75) is 51.8 Å². The van der Waals surface area contributed by atoms with Crippen molar-refractivity contribution >= 4 is 9.84 Å². The van der Waals surface area contributed by atoms with E-state index < -0.39 is 9.84 Å². The topological polar surface area (TPSA) is 55.4 Å². The summed E-state index contributed by atoms with van der Waals surface area (Å²) >= 11 is 0. The van der Waals surface area contributed by atoms with Gasteiger partial charge in [0, 0.05) is 17.6 Å². The second-order valence-corrected chi connectivity index (χ2v) is 8.28. The Morgan fingerprint density at radius 1 is 1.24 bits per heavy atom. The summed E-state index contributed by atoms with van der Waals surface area (Å²) in [6.07, 6.45) is 1.78. The van der Waals surface area contributed by atoms with Gasteiger partial charge in [0.05, 0.1) is 17.6 Å². The van der Waals surface area contributed by atoms with Gasteiger partial charge in [-0.15, -0.1) is 0 Å². The minimum absolute atomic E-state index is 0.0332. The van der Waals surface area contributed by atoms with Gasteiger partial charge in [0.1, 0.15) is 5.75 Å². The molecule has 1 aliphatic heterocycles. The Morgan fingerprint density at radius 2 is 1.95 bits per heavy atom. The minimum Gasteiger partial charge on any atom is -0.491 e. The second kappa shape index (κ2) is 6.79. The Kier molecular flexibility index (Phi) is 5.27. The van der Waals surface area contributed by atoms with Crippen molar-refractivity contribution in [3.63, 3.8) is 0 Å². The molecule has 0 aromatic heterocycles. The lowest BCUT2D eigenvalue weighted by molar-refractivity contribution is 0.237. The van der Waals surface area contributed by atoms with Crippen LogP contribution in [0.15, 0.2) is 24.3 Å². The molecule has 1 aliphatic rings. The number of benzene rings is 1. The van der Waals surface area contributed by atoms with E-state index in [1.165, 1.54) is 0 Å². The summed E-state index contributed by atoms with van der Waals surface area (Å²) in [4.78, 5) is 0. The lowest BCUT2D eigenvalue weighted by Crippen LogP contribution is -2.41. The van der Waals surface area contributed by atoms with E-state index in [0.717, 1.165) is 24.2 Å². The number of ether oxygens (including phenoxy) is 1. The number of rotatable bonds is 5. The molecule has 2 rings (SSSR count). The summed E-state index contributed by atoms with van der Waals surface area (Å²) in [5.41, 5.74) is 1.08. The Hall–Kier alpha value is -1.07. The summed E-state index contributed by atoms with van der Waals surface area (Å²) in [6.45, 7) is 6.06. The van der Waals surface area contributed by atoms with Gasteiger partial charge in [0.2, 0.25) is 0 Å². The van der Waals surface area contributed by atoms with Crippen LogP contribution in [0.1, 0.15) is 45.2 Å². The van der Waals surface area contributed by atoms with Crippen molar-refractivity contribution in [2.75, 3.05) is 11.5 Å². The molecule has 0 radical (unpaired) electrons. The Balaban J connectivity index is 2.08. The zero-order valence-electron chi connectivity index (χ0n) is 13.0. The molecule has 5 heteroatoms. The zero-order chi connectivity index (χ0) is 15.5. The standard InChI is InChI=1S/C16H25NO3S/c1-12(2)20-16-9-5-4-8-15(16)13(3)17-14-7-6-10-21(18,19)11-14/h4-5,8-9,12-14,17H,6-7,10-11H2,1-3H3. The highest BCUT2D eigenvalue weighted by Gasteiger charge is 2.26. The van der Waals surface area contributed by atoms with Crippen LogP contribution in [-0.4, -0.2) is 32.1 Å². The molecule has 1 saturated heterocycles. The smallest absolute Gasteiger partial charge is 0.151 e. The van der Waals surface area contributed by atoms with Crippen molar-refractivity contribution in [3.05, 3.63) is 29.8 Å². The first-order valence-corrected chi connectivity index (χ1v) is 9.41. The molecule has 1 N–H and O–H groups in total. The SMILES string of the molecule is CC(C)Oc1ccccc1C(C)NC1CCCS(=O)(=O)C1. The molecule has 0 spiro atoms. The van der Waals surface area contributed by atoms with Crippen molar-refractivity contribution in [1.29, 1.82) is 0 Å². The molecule has 0 saturated carbocycles. The molecule has 2 unspecified atom stereocenters. The van der Waals surface area contributed by atoms with E-state index in [1.54, 1.807) is 0 Å². The van der Waals surface area contributed by atoms with Gasteiger partial charge in [0.15, 0.2) is 9.84 Å². The van der Waals surface area contributed by atoms with Gasteiger partial charge >= 0.3 is 0 Å². The first-order chi connectivity index (χ1) is 9.87.